The zero-order valence-corrected chi connectivity index (χ0v) is 25.7. The number of hydrogen-bond acceptors (Lipinski definition) is 6. The van der Waals surface area contributed by atoms with E-state index in [1.54, 1.807) is 16.7 Å². The summed E-state index contributed by atoms with van der Waals surface area (Å²) in [5.41, 5.74) is 2.30. The van der Waals surface area contributed by atoms with E-state index in [0.717, 1.165) is 54.8 Å². The Labute approximate surface area is 260 Å². The first-order valence-corrected chi connectivity index (χ1v) is 15.9. The normalized spacial score (nSPS) is 17.7. The maximum atomic E-state index is 13.8. The third kappa shape index (κ3) is 7.23. The lowest BCUT2D eigenvalue weighted by Gasteiger charge is -2.36. The number of amides is 2. The third-order valence-electron chi connectivity index (χ3n) is 7.56. The molecule has 2 fully saturated rings. The molecule has 3 aromatic rings. The lowest BCUT2D eigenvalue weighted by molar-refractivity contribution is -0.124. The van der Waals surface area contributed by atoms with Gasteiger partial charge in [-0.1, -0.05) is 23.7 Å². The molecule has 0 unspecified atom stereocenters. The van der Waals surface area contributed by atoms with Gasteiger partial charge in [-0.15, -0.1) is 11.8 Å². The van der Waals surface area contributed by atoms with Crippen LogP contribution in [0.25, 0.3) is 0 Å². The molecule has 2 heterocycles. The summed E-state index contributed by atoms with van der Waals surface area (Å²) in [6.45, 7) is 5.07. The van der Waals surface area contributed by atoms with E-state index in [2.05, 4.69) is 21.2 Å². The van der Waals surface area contributed by atoms with Crippen molar-refractivity contribution in [1.82, 2.24) is 9.80 Å². The van der Waals surface area contributed by atoms with E-state index in [0.29, 0.717) is 23.0 Å². The van der Waals surface area contributed by atoms with E-state index in [1.807, 2.05) is 53.6 Å². The summed E-state index contributed by atoms with van der Waals surface area (Å²) in [7, 11) is 0. The zero-order valence-electron chi connectivity index (χ0n) is 23.3. The highest BCUT2D eigenvalue weighted by Gasteiger charge is 2.44. The molecule has 2 saturated heterocycles. The molecular weight excluding hydrogens is 593 g/mol. The number of carbonyl (C=O) groups is 2. The second kappa shape index (κ2) is 13.9. The number of hydrogen-bond donors (Lipinski definition) is 1. The smallest absolute Gasteiger partial charge is 0.256 e. The van der Waals surface area contributed by atoms with Crippen LogP contribution in [0.4, 0.5) is 21.5 Å². The molecule has 0 aliphatic carbocycles. The predicted molar refractivity (Wildman–Crippen MR) is 173 cm³/mol. The van der Waals surface area contributed by atoms with E-state index < -0.39 is 6.04 Å². The number of nitrogens with zero attached hydrogens (tertiary/aromatic N) is 4. The van der Waals surface area contributed by atoms with Crippen molar-refractivity contribution < 1.29 is 14.0 Å². The van der Waals surface area contributed by atoms with Crippen LogP contribution >= 0.6 is 35.6 Å². The lowest BCUT2D eigenvalue weighted by Crippen LogP contribution is -2.47. The molecule has 0 bridgehead atoms. The quantitative estimate of drug-likeness (QED) is 0.228. The molecule has 2 amide bonds. The number of benzene rings is 3. The van der Waals surface area contributed by atoms with Gasteiger partial charge < -0.3 is 15.1 Å². The number of carbonyl (C=O) groups excluding carboxylic acids is 2. The van der Waals surface area contributed by atoms with Crippen LogP contribution in [-0.4, -0.2) is 78.3 Å². The summed E-state index contributed by atoms with van der Waals surface area (Å²) >= 11 is 13.6. The highest BCUT2D eigenvalue weighted by atomic mass is 35.5. The van der Waals surface area contributed by atoms with Gasteiger partial charge in [-0.25, -0.2) is 4.39 Å². The minimum Gasteiger partial charge on any atom is -0.369 e. The van der Waals surface area contributed by atoms with E-state index >= 15 is 0 Å². The topological polar surface area (TPSA) is 59.1 Å². The van der Waals surface area contributed by atoms with Crippen LogP contribution in [0.15, 0.2) is 77.7 Å². The van der Waals surface area contributed by atoms with Crippen LogP contribution in [0, 0.1) is 5.82 Å². The highest BCUT2D eigenvalue weighted by Crippen LogP contribution is 2.30. The van der Waals surface area contributed by atoms with Crippen LogP contribution in [0.5, 0.6) is 0 Å². The van der Waals surface area contributed by atoms with Gasteiger partial charge >= 0.3 is 0 Å². The minimum absolute atomic E-state index is 0.0621. The van der Waals surface area contributed by atoms with Crippen molar-refractivity contribution in [3.05, 3.63) is 83.6 Å². The van der Waals surface area contributed by atoms with Gasteiger partial charge in [-0.3, -0.25) is 19.4 Å². The van der Waals surface area contributed by atoms with Crippen molar-refractivity contribution in [3.8, 4) is 0 Å². The number of rotatable bonds is 10. The van der Waals surface area contributed by atoms with Crippen molar-refractivity contribution in [1.29, 1.82) is 0 Å². The van der Waals surface area contributed by atoms with E-state index in [4.69, 9.17) is 23.8 Å². The predicted octanol–water partition coefficient (Wildman–Crippen LogP) is 5.74. The molecule has 0 spiro atoms. The molecule has 220 valence electrons. The number of piperazine rings is 1. The van der Waals surface area contributed by atoms with Crippen molar-refractivity contribution in [3.63, 3.8) is 0 Å². The summed E-state index contributed by atoms with van der Waals surface area (Å²) in [6, 6.07) is 20.5. The molecule has 11 heteroatoms. The van der Waals surface area contributed by atoms with Gasteiger partial charge in [0.2, 0.25) is 5.91 Å². The Balaban J connectivity index is 1.24. The number of thiocarbonyl (C=S) groups is 1. The molecule has 7 nitrogen and oxygen atoms in total. The van der Waals surface area contributed by atoms with Crippen molar-refractivity contribution >= 4 is 69.6 Å². The molecule has 5 rings (SSSR count). The van der Waals surface area contributed by atoms with Crippen molar-refractivity contribution in [2.45, 2.75) is 23.8 Å². The average molecular weight is 626 g/mol. The fraction of sp³-hybridized carbons (Fsp3) is 0.323. The van der Waals surface area contributed by atoms with E-state index in [1.165, 1.54) is 24.3 Å². The highest BCUT2D eigenvalue weighted by molar-refractivity contribution is 7.98. The monoisotopic (exact) mass is 625 g/mol. The van der Waals surface area contributed by atoms with Crippen LogP contribution in [0.3, 0.4) is 0 Å². The summed E-state index contributed by atoms with van der Waals surface area (Å²) < 4.78 is 13.3. The average Bonchev–Trinajstić information content (AvgIpc) is 3.22. The Bertz CT molecular complexity index is 1430. The Morgan fingerprint density at radius 1 is 1.00 bits per heavy atom. The summed E-state index contributed by atoms with van der Waals surface area (Å²) in [6.07, 6.45) is 2.71. The van der Waals surface area contributed by atoms with Gasteiger partial charge in [-0.05, 0) is 92.1 Å². The first-order chi connectivity index (χ1) is 20.3. The van der Waals surface area contributed by atoms with E-state index in [9.17, 15) is 14.0 Å². The maximum Gasteiger partial charge on any atom is 0.256 e. The number of nitrogens with one attached hydrogen (secondary N) is 1. The van der Waals surface area contributed by atoms with Crippen LogP contribution in [-0.2, 0) is 9.59 Å². The first kappa shape index (κ1) is 30.3. The Hall–Kier alpha value is -3.18. The van der Waals surface area contributed by atoms with Crippen LogP contribution in [0.1, 0.15) is 12.8 Å². The number of thioether (sulfide) groups is 1. The van der Waals surface area contributed by atoms with Crippen molar-refractivity contribution in [2.24, 2.45) is 0 Å². The fourth-order valence-electron chi connectivity index (χ4n) is 5.36. The standard InChI is InChI=1S/C31H33ClFN5O2S2/c1-42-27-8-3-7-26(20-27)38-30(40)28(21-29(39)34-24-11-9-23(33)10-12-24)37(31(38)41)14-4-13-35-15-17-36(18-16-35)25-6-2-5-22(32)19-25/h2-3,5-12,19-20,28H,4,13-18,21H2,1H3,(H,34,39)/t28-/m1/s1. The van der Waals surface area contributed by atoms with Gasteiger partial charge in [-0.2, -0.15) is 0 Å². The largest absolute Gasteiger partial charge is 0.369 e. The maximum absolute atomic E-state index is 13.8. The van der Waals surface area contributed by atoms with Gasteiger partial charge in [0.15, 0.2) is 5.11 Å². The second-order valence-corrected chi connectivity index (χ2v) is 12.0. The van der Waals surface area contributed by atoms with Gasteiger partial charge in [0.25, 0.3) is 5.91 Å². The molecule has 0 radical (unpaired) electrons. The third-order valence-corrected chi connectivity index (χ3v) is 8.93. The molecular formula is C31H33ClFN5O2S2. The van der Waals surface area contributed by atoms with Gasteiger partial charge in [0, 0.05) is 54.0 Å². The molecule has 2 aliphatic heterocycles. The number of anilines is 3. The molecule has 3 aromatic carbocycles. The number of halogens is 2. The molecule has 42 heavy (non-hydrogen) atoms. The molecule has 0 saturated carbocycles. The molecule has 1 atom stereocenters. The van der Waals surface area contributed by atoms with Crippen LogP contribution < -0.4 is 15.1 Å². The Morgan fingerprint density at radius 2 is 1.71 bits per heavy atom. The van der Waals surface area contributed by atoms with E-state index in [-0.39, 0.29) is 24.1 Å². The molecule has 2 aliphatic rings. The SMILES string of the molecule is CSc1cccc(N2C(=O)[C@@H](CC(=O)Nc3ccc(F)cc3)N(CCCN3CCN(c4cccc(Cl)c4)CC3)C2=S)c1. The summed E-state index contributed by atoms with van der Waals surface area (Å²) in [5, 5.41) is 3.93. The second-order valence-electron chi connectivity index (χ2n) is 10.3. The lowest BCUT2D eigenvalue weighted by atomic mass is 10.1. The Morgan fingerprint density at radius 3 is 2.43 bits per heavy atom. The van der Waals surface area contributed by atoms with Crippen molar-refractivity contribution in [2.75, 3.05) is 60.6 Å². The van der Waals surface area contributed by atoms with Crippen LogP contribution in [0.2, 0.25) is 5.02 Å². The molecule has 0 aromatic heterocycles. The fourth-order valence-corrected chi connectivity index (χ4v) is 6.41. The molecule has 1 N–H and O–H groups in total. The Kier molecular flexibility index (Phi) is 9.99. The van der Waals surface area contributed by atoms with Gasteiger partial charge in [0.1, 0.15) is 11.9 Å². The summed E-state index contributed by atoms with van der Waals surface area (Å²) in [5.74, 6) is -0.934. The zero-order chi connectivity index (χ0) is 29.6. The van der Waals surface area contributed by atoms with Gasteiger partial charge in [0.05, 0.1) is 12.1 Å². The summed E-state index contributed by atoms with van der Waals surface area (Å²) in [4.78, 5) is 36.0. The minimum atomic E-state index is -0.726. The first-order valence-electron chi connectivity index (χ1n) is 13.9.